The molecular weight excluding hydrogens is 292 g/mol. The van der Waals surface area contributed by atoms with E-state index in [1.807, 2.05) is 18.4 Å². The maximum absolute atomic E-state index is 11.9. The van der Waals surface area contributed by atoms with Crippen LogP contribution in [0.5, 0.6) is 0 Å². The Balaban J connectivity index is 2.19. The number of nitro groups is 1. The van der Waals surface area contributed by atoms with Crippen molar-refractivity contribution in [3.8, 4) is 0 Å². The van der Waals surface area contributed by atoms with Gasteiger partial charge in [0.1, 0.15) is 0 Å². The van der Waals surface area contributed by atoms with Gasteiger partial charge in [-0.15, -0.1) is 0 Å². The lowest BCUT2D eigenvalue weighted by Gasteiger charge is -2.06. The minimum atomic E-state index is -0.481. The molecule has 1 heterocycles. The monoisotopic (exact) mass is 306 g/mol. The molecule has 0 aliphatic heterocycles. The van der Waals surface area contributed by atoms with Crippen molar-refractivity contribution in [3.05, 3.63) is 62.9 Å². The maximum Gasteiger partial charge on any atom is 0.270 e. The Morgan fingerprint density at radius 1 is 1.38 bits per heavy atom. The van der Waals surface area contributed by atoms with Crippen molar-refractivity contribution in [3.63, 3.8) is 0 Å². The Labute approximate surface area is 127 Å². The van der Waals surface area contributed by atoms with Crippen LogP contribution in [-0.2, 0) is 6.54 Å². The van der Waals surface area contributed by atoms with E-state index in [0.717, 1.165) is 5.56 Å². The quantitative estimate of drug-likeness (QED) is 0.477. The van der Waals surface area contributed by atoms with E-state index in [4.69, 9.17) is 11.6 Å². The van der Waals surface area contributed by atoms with E-state index in [2.05, 4.69) is 0 Å². The summed E-state index contributed by atoms with van der Waals surface area (Å²) in [4.78, 5) is 22.1. The molecule has 21 heavy (non-hydrogen) atoms. The second-order valence-corrected chi connectivity index (χ2v) is 5.53. The number of non-ortho nitro benzene ring substituents is 1. The molecular formula is C15H15ClN2O3. The molecule has 0 saturated heterocycles. The molecule has 1 aromatic carbocycles. The number of Topliss-reactive ketones (excluding diaryl/α,β-unsaturated/α-hetero) is 1. The van der Waals surface area contributed by atoms with Crippen LogP contribution in [0.4, 0.5) is 5.69 Å². The molecule has 5 nitrogen and oxygen atoms in total. The van der Waals surface area contributed by atoms with Crippen LogP contribution in [0.1, 0.15) is 29.8 Å². The van der Waals surface area contributed by atoms with Gasteiger partial charge >= 0.3 is 0 Å². The first-order valence-corrected chi connectivity index (χ1v) is 6.89. The van der Waals surface area contributed by atoms with Gasteiger partial charge in [0.05, 0.1) is 9.95 Å². The zero-order valence-electron chi connectivity index (χ0n) is 11.7. The van der Waals surface area contributed by atoms with Crippen molar-refractivity contribution >= 4 is 23.1 Å². The highest BCUT2D eigenvalue weighted by Crippen LogP contribution is 2.23. The van der Waals surface area contributed by atoms with Gasteiger partial charge in [0, 0.05) is 42.6 Å². The van der Waals surface area contributed by atoms with E-state index in [1.54, 1.807) is 24.5 Å². The molecule has 0 atom stereocenters. The fourth-order valence-corrected chi connectivity index (χ4v) is 2.23. The predicted molar refractivity (Wildman–Crippen MR) is 80.8 cm³/mol. The number of aromatic nitrogens is 1. The van der Waals surface area contributed by atoms with Gasteiger partial charge in [-0.3, -0.25) is 14.9 Å². The van der Waals surface area contributed by atoms with E-state index >= 15 is 0 Å². The third kappa shape index (κ3) is 3.49. The molecule has 0 bridgehead atoms. The highest BCUT2D eigenvalue weighted by molar-refractivity contribution is 6.31. The standard InChI is InChI=1S/C15H15ClN2O3/c1-10(2)15(19)12-5-6-17(9-12)8-11-3-4-13(18(20)21)7-14(11)16/h3-7,9-10H,8H2,1-2H3. The topological polar surface area (TPSA) is 65.1 Å². The summed E-state index contributed by atoms with van der Waals surface area (Å²) >= 11 is 6.06. The van der Waals surface area contributed by atoms with Crippen molar-refractivity contribution < 1.29 is 9.72 Å². The summed E-state index contributed by atoms with van der Waals surface area (Å²) in [5, 5.41) is 11.0. The molecule has 0 saturated carbocycles. The van der Waals surface area contributed by atoms with Crippen molar-refractivity contribution in [1.29, 1.82) is 0 Å². The fourth-order valence-electron chi connectivity index (χ4n) is 1.99. The van der Waals surface area contributed by atoms with Crippen LogP contribution < -0.4 is 0 Å². The van der Waals surface area contributed by atoms with Crippen LogP contribution in [0, 0.1) is 16.0 Å². The Kier molecular flexibility index (Phi) is 4.43. The van der Waals surface area contributed by atoms with E-state index in [-0.39, 0.29) is 17.4 Å². The lowest BCUT2D eigenvalue weighted by Crippen LogP contribution is -2.06. The average Bonchev–Trinajstić information content (AvgIpc) is 2.88. The van der Waals surface area contributed by atoms with E-state index in [0.29, 0.717) is 17.1 Å². The number of ketones is 1. The van der Waals surface area contributed by atoms with Gasteiger partial charge in [-0.1, -0.05) is 25.4 Å². The Bertz CT molecular complexity index is 692. The number of benzene rings is 1. The van der Waals surface area contributed by atoms with Crippen LogP contribution in [0.25, 0.3) is 0 Å². The zero-order chi connectivity index (χ0) is 15.6. The number of carbonyl (C=O) groups is 1. The number of halogens is 1. The molecule has 6 heteroatoms. The smallest absolute Gasteiger partial charge is 0.270 e. The van der Waals surface area contributed by atoms with Crippen LogP contribution in [0.3, 0.4) is 0 Å². The maximum atomic E-state index is 11.9. The van der Waals surface area contributed by atoms with Gasteiger partial charge in [-0.25, -0.2) is 0 Å². The Morgan fingerprint density at radius 2 is 2.10 bits per heavy atom. The first kappa shape index (κ1) is 15.3. The number of hydrogen-bond donors (Lipinski definition) is 0. The summed E-state index contributed by atoms with van der Waals surface area (Å²) in [6.07, 6.45) is 3.56. The van der Waals surface area contributed by atoms with Crippen molar-refractivity contribution in [2.24, 2.45) is 5.92 Å². The van der Waals surface area contributed by atoms with Gasteiger partial charge in [0.25, 0.3) is 5.69 Å². The van der Waals surface area contributed by atoms with Crippen LogP contribution in [-0.4, -0.2) is 15.3 Å². The van der Waals surface area contributed by atoms with Crippen LogP contribution in [0.15, 0.2) is 36.7 Å². The highest BCUT2D eigenvalue weighted by atomic mass is 35.5. The molecule has 0 aliphatic carbocycles. The van der Waals surface area contributed by atoms with Crippen molar-refractivity contribution in [1.82, 2.24) is 4.57 Å². The molecule has 2 rings (SSSR count). The van der Waals surface area contributed by atoms with Gasteiger partial charge < -0.3 is 4.57 Å². The summed E-state index contributed by atoms with van der Waals surface area (Å²) in [5.74, 6) is 0.0346. The van der Waals surface area contributed by atoms with Gasteiger partial charge in [0.2, 0.25) is 0 Å². The van der Waals surface area contributed by atoms with Gasteiger partial charge in [0.15, 0.2) is 5.78 Å². The van der Waals surface area contributed by atoms with Gasteiger partial charge in [-0.05, 0) is 17.7 Å². The van der Waals surface area contributed by atoms with E-state index in [9.17, 15) is 14.9 Å². The predicted octanol–water partition coefficient (Wildman–Crippen LogP) is 3.94. The van der Waals surface area contributed by atoms with Crippen molar-refractivity contribution in [2.45, 2.75) is 20.4 Å². The molecule has 0 unspecified atom stereocenters. The molecule has 0 aliphatic rings. The fraction of sp³-hybridized carbons (Fsp3) is 0.267. The molecule has 0 radical (unpaired) electrons. The second-order valence-electron chi connectivity index (χ2n) is 5.12. The van der Waals surface area contributed by atoms with E-state index < -0.39 is 4.92 Å². The lowest BCUT2D eigenvalue weighted by molar-refractivity contribution is -0.384. The normalized spacial score (nSPS) is 10.9. The molecule has 0 fully saturated rings. The van der Waals surface area contributed by atoms with Gasteiger partial charge in [-0.2, -0.15) is 0 Å². The number of rotatable bonds is 5. The molecule has 0 amide bonds. The summed E-state index contributed by atoms with van der Waals surface area (Å²) in [7, 11) is 0. The minimum Gasteiger partial charge on any atom is -0.349 e. The minimum absolute atomic E-state index is 0.0352. The number of nitrogens with zero attached hydrogens (tertiary/aromatic N) is 2. The number of hydrogen-bond acceptors (Lipinski definition) is 3. The average molecular weight is 307 g/mol. The second kappa shape index (κ2) is 6.10. The third-order valence-electron chi connectivity index (χ3n) is 3.16. The van der Waals surface area contributed by atoms with E-state index in [1.165, 1.54) is 12.1 Å². The summed E-state index contributed by atoms with van der Waals surface area (Å²) in [6.45, 7) is 4.17. The lowest BCUT2D eigenvalue weighted by atomic mass is 10.0. The summed E-state index contributed by atoms with van der Waals surface area (Å²) in [6, 6.07) is 6.15. The SMILES string of the molecule is CC(C)C(=O)c1ccn(Cc2ccc([N+](=O)[O-])cc2Cl)c1. The third-order valence-corrected chi connectivity index (χ3v) is 3.51. The summed E-state index contributed by atoms with van der Waals surface area (Å²) < 4.78 is 1.84. The molecule has 2 aromatic rings. The van der Waals surface area contributed by atoms with Crippen molar-refractivity contribution in [2.75, 3.05) is 0 Å². The highest BCUT2D eigenvalue weighted by Gasteiger charge is 2.13. The number of nitro benzene ring substituents is 1. The van der Waals surface area contributed by atoms with Crippen LogP contribution >= 0.6 is 11.6 Å². The molecule has 110 valence electrons. The Hall–Kier alpha value is -2.14. The summed E-state index contributed by atoms with van der Waals surface area (Å²) in [5.41, 5.74) is 1.39. The molecule has 0 N–H and O–H groups in total. The number of carbonyl (C=O) groups excluding carboxylic acids is 1. The molecule has 1 aromatic heterocycles. The Morgan fingerprint density at radius 3 is 2.67 bits per heavy atom. The molecule has 0 spiro atoms. The van der Waals surface area contributed by atoms with Crippen LogP contribution in [0.2, 0.25) is 5.02 Å². The first-order valence-electron chi connectivity index (χ1n) is 6.51. The largest absolute Gasteiger partial charge is 0.349 e. The first-order chi connectivity index (χ1) is 9.88. The zero-order valence-corrected chi connectivity index (χ0v) is 12.5.